The maximum atomic E-state index is 12.4. The van der Waals surface area contributed by atoms with Crippen molar-refractivity contribution in [3.8, 4) is 11.7 Å². The average molecular weight is 342 g/mol. The molecule has 8 heteroatoms. The standard InChI is InChI=1S/C17H18N4O4/c1-4-12-10(2)8-11(17(23)21(12)3)15(22)18-9-14-19-16(25-20-14)13-6-5-7-24-13/h5-8H,4,9H2,1-3H3,(H,18,22). The maximum absolute atomic E-state index is 12.4. The first kappa shape index (κ1) is 16.7. The van der Waals surface area contributed by atoms with Gasteiger partial charge in [-0.3, -0.25) is 9.59 Å². The Bertz CT molecular complexity index is 954. The highest BCUT2D eigenvalue weighted by atomic mass is 16.5. The third-order valence-corrected chi connectivity index (χ3v) is 3.94. The van der Waals surface area contributed by atoms with Gasteiger partial charge in [-0.1, -0.05) is 12.1 Å². The molecule has 130 valence electrons. The third-order valence-electron chi connectivity index (χ3n) is 3.94. The number of carbonyl (C=O) groups is 1. The Morgan fingerprint density at radius 2 is 2.20 bits per heavy atom. The van der Waals surface area contributed by atoms with Crippen LogP contribution < -0.4 is 10.9 Å². The first-order valence-corrected chi connectivity index (χ1v) is 7.85. The van der Waals surface area contributed by atoms with E-state index in [0.29, 0.717) is 11.6 Å². The lowest BCUT2D eigenvalue weighted by Crippen LogP contribution is -2.33. The molecule has 3 aromatic rings. The van der Waals surface area contributed by atoms with Gasteiger partial charge in [0.2, 0.25) is 0 Å². The normalized spacial score (nSPS) is 10.8. The Hall–Kier alpha value is -3.16. The minimum atomic E-state index is -0.476. The molecule has 0 aliphatic heterocycles. The SMILES string of the molecule is CCc1c(C)cc(C(=O)NCc2noc(-c3ccco3)n2)c(=O)n1C. The van der Waals surface area contributed by atoms with Crippen LogP contribution in [0.15, 0.2) is 38.2 Å². The van der Waals surface area contributed by atoms with Crippen LogP contribution in [0.1, 0.15) is 34.4 Å². The second-order valence-corrected chi connectivity index (χ2v) is 5.58. The zero-order valence-electron chi connectivity index (χ0n) is 14.2. The number of rotatable bonds is 5. The molecule has 8 nitrogen and oxygen atoms in total. The molecule has 0 fully saturated rings. The number of aryl methyl sites for hydroxylation is 1. The van der Waals surface area contributed by atoms with E-state index in [2.05, 4.69) is 15.5 Å². The summed E-state index contributed by atoms with van der Waals surface area (Å²) in [4.78, 5) is 28.8. The van der Waals surface area contributed by atoms with Crippen molar-refractivity contribution in [1.82, 2.24) is 20.0 Å². The van der Waals surface area contributed by atoms with E-state index in [1.807, 2.05) is 13.8 Å². The zero-order chi connectivity index (χ0) is 18.0. The van der Waals surface area contributed by atoms with Crippen LogP contribution in [0.5, 0.6) is 0 Å². The Morgan fingerprint density at radius 3 is 2.88 bits per heavy atom. The van der Waals surface area contributed by atoms with Gasteiger partial charge in [0.05, 0.1) is 12.8 Å². The lowest BCUT2D eigenvalue weighted by molar-refractivity contribution is 0.0947. The van der Waals surface area contributed by atoms with Crippen molar-refractivity contribution in [2.45, 2.75) is 26.8 Å². The Labute approximate surface area is 143 Å². The lowest BCUT2D eigenvalue weighted by Gasteiger charge is -2.12. The molecule has 0 atom stereocenters. The maximum Gasteiger partial charge on any atom is 0.293 e. The highest BCUT2D eigenvalue weighted by Crippen LogP contribution is 2.16. The number of hydrogen-bond donors (Lipinski definition) is 1. The van der Waals surface area contributed by atoms with Gasteiger partial charge in [-0.05, 0) is 37.1 Å². The quantitative estimate of drug-likeness (QED) is 0.759. The third kappa shape index (κ3) is 3.23. The fourth-order valence-electron chi connectivity index (χ4n) is 2.69. The largest absolute Gasteiger partial charge is 0.459 e. The minimum absolute atomic E-state index is 0.0424. The summed E-state index contributed by atoms with van der Waals surface area (Å²) in [5.41, 5.74) is 1.56. The fraction of sp³-hybridized carbons (Fsp3) is 0.294. The smallest absolute Gasteiger partial charge is 0.293 e. The lowest BCUT2D eigenvalue weighted by atomic mass is 10.1. The van der Waals surface area contributed by atoms with E-state index in [-0.39, 0.29) is 23.6 Å². The van der Waals surface area contributed by atoms with Crippen molar-refractivity contribution in [3.63, 3.8) is 0 Å². The van der Waals surface area contributed by atoms with Crippen LogP contribution in [0.4, 0.5) is 0 Å². The molecule has 3 rings (SSSR count). The molecule has 0 saturated heterocycles. The Kier molecular flexibility index (Phi) is 4.51. The summed E-state index contributed by atoms with van der Waals surface area (Å²) in [6, 6.07) is 5.01. The second kappa shape index (κ2) is 6.76. The number of nitrogens with zero attached hydrogens (tertiary/aromatic N) is 3. The van der Waals surface area contributed by atoms with E-state index in [9.17, 15) is 9.59 Å². The van der Waals surface area contributed by atoms with Crippen LogP contribution >= 0.6 is 0 Å². The van der Waals surface area contributed by atoms with Gasteiger partial charge >= 0.3 is 0 Å². The van der Waals surface area contributed by atoms with Gasteiger partial charge in [0, 0.05) is 12.7 Å². The van der Waals surface area contributed by atoms with Crippen molar-refractivity contribution in [2.75, 3.05) is 0 Å². The molecule has 0 spiro atoms. The van der Waals surface area contributed by atoms with Crippen molar-refractivity contribution in [3.05, 3.63) is 57.5 Å². The minimum Gasteiger partial charge on any atom is -0.459 e. The highest BCUT2D eigenvalue weighted by molar-refractivity contribution is 5.94. The summed E-state index contributed by atoms with van der Waals surface area (Å²) in [7, 11) is 1.67. The van der Waals surface area contributed by atoms with Crippen LogP contribution in [0.2, 0.25) is 0 Å². The molecule has 0 aromatic carbocycles. The van der Waals surface area contributed by atoms with E-state index in [1.54, 1.807) is 25.2 Å². The number of hydrogen-bond acceptors (Lipinski definition) is 6. The van der Waals surface area contributed by atoms with E-state index in [1.165, 1.54) is 10.8 Å². The molecule has 1 N–H and O–H groups in total. The molecule has 1 amide bonds. The molecule has 25 heavy (non-hydrogen) atoms. The van der Waals surface area contributed by atoms with E-state index < -0.39 is 5.91 Å². The highest BCUT2D eigenvalue weighted by Gasteiger charge is 2.17. The number of pyridine rings is 1. The monoisotopic (exact) mass is 342 g/mol. The van der Waals surface area contributed by atoms with Gasteiger partial charge in [-0.25, -0.2) is 0 Å². The summed E-state index contributed by atoms with van der Waals surface area (Å²) in [5, 5.41) is 6.42. The number of furan rings is 1. The van der Waals surface area contributed by atoms with Gasteiger partial charge in [0.15, 0.2) is 11.6 Å². The molecule has 3 heterocycles. The predicted octanol–water partition coefficient (Wildman–Crippen LogP) is 1.83. The predicted molar refractivity (Wildman–Crippen MR) is 89.0 cm³/mol. The number of aromatic nitrogens is 3. The first-order chi connectivity index (χ1) is 12.0. The summed E-state index contributed by atoms with van der Waals surface area (Å²) < 4.78 is 11.7. The van der Waals surface area contributed by atoms with Gasteiger partial charge in [0.1, 0.15) is 5.56 Å². The molecule has 0 unspecified atom stereocenters. The van der Waals surface area contributed by atoms with E-state index in [0.717, 1.165) is 17.7 Å². The van der Waals surface area contributed by atoms with Crippen molar-refractivity contribution < 1.29 is 13.7 Å². The Balaban J connectivity index is 1.74. The number of amides is 1. The summed E-state index contributed by atoms with van der Waals surface area (Å²) in [6.45, 7) is 3.89. The molecular formula is C17H18N4O4. The topological polar surface area (TPSA) is 103 Å². The number of carbonyl (C=O) groups excluding carboxylic acids is 1. The summed E-state index contributed by atoms with van der Waals surface area (Å²) >= 11 is 0. The molecular weight excluding hydrogens is 324 g/mol. The first-order valence-electron chi connectivity index (χ1n) is 7.85. The average Bonchev–Trinajstić information content (AvgIpc) is 3.27. The van der Waals surface area contributed by atoms with Crippen molar-refractivity contribution >= 4 is 5.91 Å². The van der Waals surface area contributed by atoms with Crippen LogP contribution in [0, 0.1) is 6.92 Å². The van der Waals surface area contributed by atoms with E-state index >= 15 is 0 Å². The molecule has 0 radical (unpaired) electrons. The van der Waals surface area contributed by atoms with Crippen LogP contribution in [-0.2, 0) is 20.0 Å². The molecule has 0 saturated carbocycles. The summed E-state index contributed by atoms with van der Waals surface area (Å²) in [6.07, 6.45) is 2.22. The van der Waals surface area contributed by atoms with Crippen LogP contribution in [0.25, 0.3) is 11.7 Å². The van der Waals surface area contributed by atoms with Crippen molar-refractivity contribution in [1.29, 1.82) is 0 Å². The fourth-order valence-corrected chi connectivity index (χ4v) is 2.69. The van der Waals surface area contributed by atoms with Gasteiger partial charge < -0.3 is 18.8 Å². The van der Waals surface area contributed by atoms with Crippen LogP contribution in [-0.4, -0.2) is 20.6 Å². The second-order valence-electron chi connectivity index (χ2n) is 5.58. The number of nitrogens with one attached hydrogen (secondary N) is 1. The molecule has 0 aliphatic carbocycles. The molecule has 3 aromatic heterocycles. The summed E-state index contributed by atoms with van der Waals surface area (Å²) in [5.74, 6) is 0.493. The van der Waals surface area contributed by atoms with Gasteiger partial charge in [-0.2, -0.15) is 4.98 Å². The zero-order valence-corrected chi connectivity index (χ0v) is 14.2. The Morgan fingerprint density at radius 1 is 1.40 bits per heavy atom. The van der Waals surface area contributed by atoms with E-state index in [4.69, 9.17) is 8.94 Å². The molecule has 0 bridgehead atoms. The van der Waals surface area contributed by atoms with Crippen LogP contribution in [0.3, 0.4) is 0 Å². The van der Waals surface area contributed by atoms with Gasteiger partial charge in [-0.15, -0.1) is 0 Å². The molecule has 0 aliphatic rings. The van der Waals surface area contributed by atoms with Gasteiger partial charge in [0.25, 0.3) is 17.4 Å². The van der Waals surface area contributed by atoms with Crippen molar-refractivity contribution in [2.24, 2.45) is 7.05 Å².